The first-order chi connectivity index (χ1) is 10.4. The van der Waals surface area contributed by atoms with E-state index in [1.165, 1.54) is 0 Å². The molecule has 0 bridgehead atoms. The molecule has 0 aliphatic carbocycles. The highest BCUT2D eigenvalue weighted by atomic mass is 35.5. The van der Waals surface area contributed by atoms with E-state index < -0.39 is 0 Å². The fourth-order valence-corrected chi connectivity index (χ4v) is 4.06. The van der Waals surface area contributed by atoms with Gasteiger partial charge in [-0.05, 0) is 25.9 Å². The Bertz CT molecular complexity index is 578. The molecule has 0 atom stereocenters. The number of hydrogen-bond acceptors (Lipinski definition) is 6. The molecule has 1 aliphatic rings. The van der Waals surface area contributed by atoms with Crippen molar-refractivity contribution in [3.8, 4) is 0 Å². The molecule has 1 N–H and O–H groups in total. The normalized spacial score (nSPS) is 15.5. The average molecular weight is 358 g/mol. The zero-order valence-electron chi connectivity index (χ0n) is 12.3. The van der Waals surface area contributed by atoms with Crippen molar-refractivity contribution in [1.29, 1.82) is 0 Å². The van der Waals surface area contributed by atoms with Crippen LogP contribution in [0.1, 0.15) is 30.3 Å². The summed E-state index contributed by atoms with van der Waals surface area (Å²) in [4.78, 5) is 4.32. The number of thiazole rings is 1. The number of rotatable bonds is 6. The van der Waals surface area contributed by atoms with Crippen LogP contribution in [-0.2, 0) is 12.3 Å². The van der Waals surface area contributed by atoms with Gasteiger partial charge < -0.3 is 9.88 Å². The SMILES string of the molecule is C=CCn1c(SCc2cscn2)nnc1C1CCNCC1.Cl. The molecule has 0 saturated carbocycles. The second kappa shape index (κ2) is 8.67. The Morgan fingerprint density at radius 3 is 2.91 bits per heavy atom. The quantitative estimate of drug-likeness (QED) is 0.636. The van der Waals surface area contributed by atoms with Gasteiger partial charge in [-0.15, -0.1) is 40.5 Å². The Morgan fingerprint density at radius 1 is 1.41 bits per heavy atom. The summed E-state index contributed by atoms with van der Waals surface area (Å²) in [5.41, 5.74) is 2.96. The monoisotopic (exact) mass is 357 g/mol. The fourth-order valence-electron chi connectivity index (χ4n) is 2.54. The molecule has 3 rings (SSSR count). The van der Waals surface area contributed by atoms with E-state index in [1.807, 2.05) is 11.6 Å². The highest BCUT2D eigenvalue weighted by Gasteiger charge is 2.22. The lowest BCUT2D eigenvalue weighted by molar-refractivity contribution is 0.431. The third-order valence-corrected chi connectivity index (χ3v) is 5.23. The number of thioether (sulfide) groups is 1. The molecular formula is C14H20ClN5S2. The van der Waals surface area contributed by atoms with Gasteiger partial charge in [0.1, 0.15) is 5.82 Å². The predicted molar refractivity (Wildman–Crippen MR) is 94.0 cm³/mol. The first-order valence-electron chi connectivity index (χ1n) is 7.13. The third-order valence-electron chi connectivity index (χ3n) is 3.59. The first kappa shape index (κ1) is 17.5. The number of nitrogens with one attached hydrogen (secondary N) is 1. The lowest BCUT2D eigenvalue weighted by Gasteiger charge is -2.22. The first-order valence-corrected chi connectivity index (χ1v) is 9.06. The Morgan fingerprint density at radius 2 is 2.23 bits per heavy atom. The summed E-state index contributed by atoms with van der Waals surface area (Å²) in [6.07, 6.45) is 4.18. The molecule has 1 fully saturated rings. The van der Waals surface area contributed by atoms with Gasteiger partial charge in [-0.1, -0.05) is 17.8 Å². The Balaban J connectivity index is 0.00000176. The molecule has 1 aliphatic heterocycles. The van der Waals surface area contributed by atoms with Gasteiger partial charge in [0.25, 0.3) is 0 Å². The van der Waals surface area contributed by atoms with E-state index in [-0.39, 0.29) is 12.4 Å². The molecule has 5 nitrogen and oxygen atoms in total. The van der Waals surface area contributed by atoms with E-state index in [1.54, 1.807) is 23.1 Å². The molecule has 2 aromatic heterocycles. The summed E-state index contributed by atoms with van der Waals surface area (Å²) in [5.74, 6) is 2.45. The Kier molecular flexibility index (Phi) is 6.88. The minimum absolute atomic E-state index is 0. The van der Waals surface area contributed by atoms with Gasteiger partial charge in [0.2, 0.25) is 0 Å². The van der Waals surface area contributed by atoms with Crippen molar-refractivity contribution in [2.24, 2.45) is 0 Å². The van der Waals surface area contributed by atoms with Crippen molar-refractivity contribution in [2.45, 2.75) is 36.2 Å². The summed E-state index contributed by atoms with van der Waals surface area (Å²) < 4.78 is 2.21. The van der Waals surface area contributed by atoms with Crippen molar-refractivity contribution >= 4 is 35.5 Å². The van der Waals surface area contributed by atoms with Gasteiger partial charge >= 0.3 is 0 Å². The topological polar surface area (TPSA) is 55.6 Å². The maximum atomic E-state index is 4.46. The smallest absolute Gasteiger partial charge is 0.191 e. The molecule has 0 spiro atoms. The van der Waals surface area contributed by atoms with E-state index >= 15 is 0 Å². The van der Waals surface area contributed by atoms with Crippen molar-refractivity contribution in [3.05, 3.63) is 35.1 Å². The largest absolute Gasteiger partial charge is 0.317 e. The van der Waals surface area contributed by atoms with Gasteiger partial charge in [-0.3, -0.25) is 0 Å². The maximum Gasteiger partial charge on any atom is 0.191 e. The lowest BCUT2D eigenvalue weighted by Crippen LogP contribution is -2.28. The number of piperidine rings is 1. The van der Waals surface area contributed by atoms with Crippen molar-refractivity contribution < 1.29 is 0 Å². The number of allylic oxidation sites excluding steroid dienone is 1. The van der Waals surface area contributed by atoms with Crippen LogP contribution in [0.5, 0.6) is 0 Å². The molecule has 0 unspecified atom stereocenters. The van der Waals surface area contributed by atoms with Crippen molar-refractivity contribution in [3.63, 3.8) is 0 Å². The molecule has 1 saturated heterocycles. The van der Waals surface area contributed by atoms with E-state index in [9.17, 15) is 0 Å². The zero-order valence-corrected chi connectivity index (χ0v) is 14.7. The summed E-state index contributed by atoms with van der Waals surface area (Å²) in [5, 5.41) is 15.3. The average Bonchev–Trinajstić information content (AvgIpc) is 3.16. The maximum absolute atomic E-state index is 4.46. The zero-order chi connectivity index (χ0) is 14.5. The lowest BCUT2D eigenvalue weighted by atomic mass is 9.97. The minimum atomic E-state index is 0. The van der Waals surface area contributed by atoms with Crippen LogP contribution in [0, 0.1) is 0 Å². The summed E-state index contributed by atoms with van der Waals surface area (Å²) in [6.45, 7) is 6.76. The second-order valence-corrected chi connectivity index (χ2v) is 6.69. The van der Waals surface area contributed by atoms with Crippen LogP contribution in [0.25, 0.3) is 0 Å². The van der Waals surface area contributed by atoms with E-state index in [2.05, 4.69) is 37.0 Å². The number of nitrogens with zero attached hydrogens (tertiary/aromatic N) is 4. The summed E-state index contributed by atoms with van der Waals surface area (Å²) in [7, 11) is 0. The standard InChI is InChI=1S/C14H19N5S2.ClH/c1-2-7-19-13(11-3-5-15-6-4-11)17-18-14(19)21-9-12-8-20-10-16-12;/h2,8,10-11,15H,1,3-7,9H2;1H. The van der Waals surface area contributed by atoms with E-state index in [4.69, 9.17) is 0 Å². The summed E-state index contributed by atoms with van der Waals surface area (Å²) in [6, 6.07) is 0. The fraction of sp³-hybridized carbons (Fsp3) is 0.500. The van der Waals surface area contributed by atoms with Crippen LogP contribution in [0.3, 0.4) is 0 Å². The van der Waals surface area contributed by atoms with Crippen LogP contribution in [0.4, 0.5) is 0 Å². The second-order valence-electron chi connectivity index (χ2n) is 5.03. The molecule has 0 radical (unpaired) electrons. The van der Waals surface area contributed by atoms with Gasteiger partial charge in [0.15, 0.2) is 5.16 Å². The van der Waals surface area contributed by atoms with Crippen LogP contribution in [0.2, 0.25) is 0 Å². The molecule has 0 aromatic carbocycles. The number of aromatic nitrogens is 4. The van der Waals surface area contributed by atoms with Crippen LogP contribution in [0.15, 0.2) is 28.7 Å². The Hall–Kier alpha value is -0.890. The molecule has 3 heterocycles. The van der Waals surface area contributed by atoms with Gasteiger partial charge in [-0.2, -0.15) is 0 Å². The summed E-state index contributed by atoms with van der Waals surface area (Å²) >= 11 is 3.33. The van der Waals surface area contributed by atoms with Crippen LogP contribution in [-0.4, -0.2) is 32.8 Å². The molecular weight excluding hydrogens is 338 g/mol. The van der Waals surface area contributed by atoms with Crippen LogP contribution >= 0.6 is 35.5 Å². The highest BCUT2D eigenvalue weighted by molar-refractivity contribution is 7.98. The third kappa shape index (κ3) is 4.10. The molecule has 22 heavy (non-hydrogen) atoms. The van der Waals surface area contributed by atoms with Gasteiger partial charge in [0, 0.05) is 23.6 Å². The van der Waals surface area contributed by atoms with Gasteiger partial charge in [0.05, 0.1) is 11.2 Å². The van der Waals surface area contributed by atoms with E-state index in [0.29, 0.717) is 5.92 Å². The molecule has 0 amide bonds. The van der Waals surface area contributed by atoms with Crippen LogP contribution < -0.4 is 5.32 Å². The minimum Gasteiger partial charge on any atom is -0.317 e. The molecule has 2 aromatic rings. The Labute approximate surface area is 145 Å². The van der Waals surface area contributed by atoms with Crippen molar-refractivity contribution in [2.75, 3.05) is 13.1 Å². The predicted octanol–water partition coefficient (Wildman–Crippen LogP) is 3.10. The van der Waals surface area contributed by atoms with Crippen molar-refractivity contribution in [1.82, 2.24) is 25.1 Å². The molecule has 120 valence electrons. The highest BCUT2D eigenvalue weighted by Crippen LogP contribution is 2.28. The number of halogens is 1. The number of hydrogen-bond donors (Lipinski definition) is 1. The molecule has 8 heteroatoms. The van der Waals surface area contributed by atoms with Gasteiger partial charge in [-0.25, -0.2) is 4.98 Å². The van der Waals surface area contributed by atoms with E-state index in [0.717, 1.165) is 54.9 Å².